The first kappa shape index (κ1) is 38.2. The molecule has 244 valence electrons. The van der Waals surface area contributed by atoms with E-state index in [0.717, 1.165) is 25.5 Å². The number of aliphatic hydroxyl groups excluding tert-OH is 1. The average molecular weight is 627 g/mol. The fourth-order valence-corrected chi connectivity index (χ4v) is 5.66. The van der Waals surface area contributed by atoms with Crippen LogP contribution >= 0.6 is 12.4 Å². The molecule has 8 nitrogen and oxygen atoms in total. The van der Waals surface area contributed by atoms with Gasteiger partial charge in [-0.3, -0.25) is 4.79 Å². The van der Waals surface area contributed by atoms with Gasteiger partial charge in [0.1, 0.15) is 0 Å². The number of nitrogens with one attached hydrogen (secondary N) is 1. The fourth-order valence-electron chi connectivity index (χ4n) is 5.66. The van der Waals surface area contributed by atoms with Crippen LogP contribution in [0.2, 0.25) is 0 Å². The molecule has 0 heterocycles. The van der Waals surface area contributed by atoms with E-state index in [1.165, 1.54) is 0 Å². The Balaban J connectivity index is 0.00000882. The zero-order valence-electron chi connectivity index (χ0n) is 25.5. The maximum absolute atomic E-state index is 14.2. The van der Waals surface area contributed by atoms with Crippen LogP contribution in [-0.4, -0.2) is 76.0 Å². The van der Waals surface area contributed by atoms with Crippen molar-refractivity contribution < 1.29 is 42.0 Å². The van der Waals surface area contributed by atoms with E-state index in [1.54, 1.807) is 14.2 Å². The first-order valence-electron chi connectivity index (χ1n) is 14.5. The predicted octanol–water partition coefficient (Wildman–Crippen LogP) is 5.07. The predicted molar refractivity (Wildman–Crippen MR) is 158 cm³/mol. The Kier molecular flexibility index (Phi) is 16.5. The molecule has 0 aromatic heterocycles. The molecule has 1 aliphatic rings. The second-order valence-electron chi connectivity index (χ2n) is 11.3. The van der Waals surface area contributed by atoms with Crippen LogP contribution in [0.25, 0.3) is 0 Å². The van der Waals surface area contributed by atoms with Crippen LogP contribution in [0.15, 0.2) is 18.2 Å². The summed E-state index contributed by atoms with van der Waals surface area (Å²) in [6, 6.07) is 4.96. The third-order valence-corrected chi connectivity index (χ3v) is 8.22. The Labute approximate surface area is 254 Å². The van der Waals surface area contributed by atoms with Gasteiger partial charge in [0.15, 0.2) is 11.5 Å². The minimum Gasteiger partial charge on any atom is -0.493 e. The van der Waals surface area contributed by atoms with Gasteiger partial charge in [-0.25, -0.2) is 0 Å². The van der Waals surface area contributed by atoms with Gasteiger partial charge in [0.2, 0.25) is 5.60 Å². The molecule has 4 N–H and O–H groups in total. The molecule has 42 heavy (non-hydrogen) atoms. The van der Waals surface area contributed by atoms with Gasteiger partial charge >= 0.3 is 6.18 Å². The number of alkyl halides is 3. The average Bonchev–Trinajstić information content (AvgIpc) is 2.94. The van der Waals surface area contributed by atoms with E-state index in [9.17, 15) is 23.1 Å². The summed E-state index contributed by atoms with van der Waals surface area (Å²) in [6.45, 7) is 4.76. The summed E-state index contributed by atoms with van der Waals surface area (Å²) in [6.07, 6.45) is -1.78. The van der Waals surface area contributed by atoms with E-state index in [0.29, 0.717) is 50.4 Å². The van der Waals surface area contributed by atoms with Crippen molar-refractivity contribution in [1.29, 1.82) is 0 Å². The standard InChI is InChI=1S/C30H49F3N2O6.ClH/c1-20(2)22(16-21-12-13-26(39-4)27(17-21)41-15-9-14-38-3)18-24(34)25(36)19-35-28(37)29(40-5,30(31,32)33)23-10-7-6-8-11-23;/h12-13,17,20,22-25,36H,6-11,14-16,18-19,34H2,1-5H3,(H,35,37);1H. The van der Waals surface area contributed by atoms with Crippen molar-refractivity contribution in [2.24, 2.45) is 23.5 Å². The van der Waals surface area contributed by atoms with Gasteiger partial charge in [-0.15, -0.1) is 12.4 Å². The summed E-state index contributed by atoms with van der Waals surface area (Å²) in [7, 11) is 4.13. The van der Waals surface area contributed by atoms with Crippen molar-refractivity contribution in [3.8, 4) is 11.5 Å². The molecule has 1 amide bonds. The second kappa shape index (κ2) is 18.1. The highest BCUT2D eigenvalue weighted by Crippen LogP contribution is 2.45. The van der Waals surface area contributed by atoms with Gasteiger partial charge < -0.3 is 35.1 Å². The van der Waals surface area contributed by atoms with Crippen molar-refractivity contribution in [3.05, 3.63) is 23.8 Å². The lowest BCUT2D eigenvalue weighted by Gasteiger charge is -2.41. The van der Waals surface area contributed by atoms with Gasteiger partial charge in [0, 0.05) is 45.8 Å². The number of rotatable bonds is 17. The van der Waals surface area contributed by atoms with Crippen LogP contribution in [0, 0.1) is 17.8 Å². The number of methoxy groups -OCH3 is 3. The Bertz CT molecular complexity index is 933. The third kappa shape index (κ3) is 10.1. The smallest absolute Gasteiger partial charge is 0.426 e. The third-order valence-electron chi connectivity index (χ3n) is 8.22. The molecular weight excluding hydrogens is 577 g/mol. The van der Waals surface area contributed by atoms with Crippen molar-refractivity contribution in [3.63, 3.8) is 0 Å². The first-order chi connectivity index (χ1) is 19.4. The molecule has 0 spiro atoms. The maximum Gasteiger partial charge on any atom is 0.426 e. The van der Waals surface area contributed by atoms with E-state index >= 15 is 0 Å². The number of hydrogen-bond acceptors (Lipinski definition) is 7. The summed E-state index contributed by atoms with van der Waals surface area (Å²) in [5.41, 5.74) is 4.38. The lowest BCUT2D eigenvalue weighted by Crippen LogP contribution is -2.64. The molecule has 0 radical (unpaired) electrons. The van der Waals surface area contributed by atoms with E-state index in [-0.39, 0.29) is 37.1 Å². The molecule has 1 aromatic carbocycles. The Hall–Kier alpha value is -1.79. The van der Waals surface area contributed by atoms with E-state index in [2.05, 4.69) is 19.2 Å². The number of hydrogen-bond donors (Lipinski definition) is 3. The van der Waals surface area contributed by atoms with Crippen LogP contribution in [0.3, 0.4) is 0 Å². The Morgan fingerprint density at radius 3 is 2.31 bits per heavy atom. The highest BCUT2D eigenvalue weighted by atomic mass is 35.5. The van der Waals surface area contributed by atoms with Gasteiger partial charge in [-0.05, 0) is 55.2 Å². The molecule has 0 saturated heterocycles. The molecule has 1 aromatic rings. The second-order valence-corrected chi connectivity index (χ2v) is 11.3. The topological polar surface area (TPSA) is 112 Å². The molecule has 12 heteroatoms. The normalized spacial score (nSPS) is 18.0. The van der Waals surface area contributed by atoms with Crippen molar-refractivity contribution in [1.82, 2.24) is 5.32 Å². The fraction of sp³-hybridized carbons (Fsp3) is 0.767. The van der Waals surface area contributed by atoms with E-state index in [1.807, 2.05) is 18.2 Å². The summed E-state index contributed by atoms with van der Waals surface area (Å²) >= 11 is 0. The summed E-state index contributed by atoms with van der Waals surface area (Å²) in [4.78, 5) is 13.0. The number of ether oxygens (including phenoxy) is 4. The van der Waals surface area contributed by atoms with Crippen molar-refractivity contribution in [2.75, 3.05) is 41.1 Å². The van der Waals surface area contributed by atoms with Crippen LogP contribution < -0.4 is 20.5 Å². The molecular formula is C30H50ClF3N2O6. The lowest BCUT2D eigenvalue weighted by atomic mass is 9.75. The van der Waals surface area contributed by atoms with Crippen LogP contribution in [0.4, 0.5) is 13.2 Å². The van der Waals surface area contributed by atoms with Crippen molar-refractivity contribution >= 4 is 18.3 Å². The highest BCUT2D eigenvalue weighted by molar-refractivity contribution is 5.86. The van der Waals surface area contributed by atoms with Crippen LogP contribution in [0.5, 0.6) is 11.5 Å². The van der Waals surface area contributed by atoms with E-state index in [4.69, 9.17) is 24.7 Å². The first-order valence-corrected chi connectivity index (χ1v) is 14.5. The summed E-state index contributed by atoms with van der Waals surface area (Å²) in [5.74, 6) is -0.749. The molecule has 2 rings (SSSR count). The minimum absolute atomic E-state index is 0. The lowest BCUT2D eigenvalue weighted by molar-refractivity contribution is -0.279. The minimum atomic E-state index is -4.89. The SMILES string of the molecule is COCCCOc1cc(CC(CC(N)C(O)CNC(=O)C(OC)(C2CCCCC2)C(F)(F)F)C(C)C)ccc1OC.Cl. The molecule has 1 fully saturated rings. The summed E-state index contributed by atoms with van der Waals surface area (Å²) < 4.78 is 64.1. The van der Waals surface area contributed by atoms with E-state index < -0.39 is 42.3 Å². The Morgan fingerprint density at radius 1 is 1.10 bits per heavy atom. The maximum atomic E-state index is 14.2. The molecule has 1 saturated carbocycles. The zero-order chi connectivity index (χ0) is 30.6. The monoisotopic (exact) mass is 626 g/mol. The van der Waals surface area contributed by atoms with Crippen LogP contribution in [-0.2, 0) is 20.7 Å². The number of carbonyl (C=O) groups excluding carboxylic acids is 1. The number of benzene rings is 1. The van der Waals surface area contributed by atoms with Gasteiger partial charge in [-0.1, -0.05) is 39.2 Å². The number of aliphatic hydroxyl groups is 1. The molecule has 1 aliphatic carbocycles. The number of nitrogens with two attached hydrogens (primary N) is 1. The molecule has 0 aliphatic heterocycles. The molecule has 0 bridgehead atoms. The molecule has 4 atom stereocenters. The Morgan fingerprint density at radius 2 is 1.76 bits per heavy atom. The number of halogens is 4. The number of amides is 1. The quantitative estimate of drug-likeness (QED) is 0.207. The van der Waals surface area contributed by atoms with Gasteiger partial charge in [0.05, 0.1) is 19.8 Å². The highest BCUT2D eigenvalue weighted by Gasteiger charge is 2.65. The van der Waals surface area contributed by atoms with Crippen LogP contribution in [0.1, 0.15) is 64.4 Å². The largest absolute Gasteiger partial charge is 0.493 e. The summed E-state index contributed by atoms with van der Waals surface area (Å²) in [5, 5.41) is 13.1. The zero-order valence-corrected chi connectivity index (χ0v) is 26.3. The molecule has 4 unspecified atom stereocenters. The van der Waals surface area contributed by atoms with Crippen molar-refractivity contribution in [2.45, 2.75) is 89.1 Å². The van der Waals surface area contributed by atoms with Gasteiger partial charge in [-0.2, -0.15) is 13.2 Å². The van der Waals surface area contributed by atoms with Gasteiger partial charge in [0.25, 0.3) is 5.91 Å². The number of carbonyl (C=O) groups is 1.